The van der Waals surface area contributed by atoms with E-state index in [1.165, 1.54) is 49.4 Å². The number of nitrogens with zero attached hydrogens (tertiary/aromatic N) is 3. The van der Waals surface area contributed by atoms with Gasteiger partial charge in [0.25, 0.3) is 0 Å². The molecule has 6 heteroatoms. The van der Waals surface area contributed by atoms with Gasteiger partial charge in [0.15, 0.2) is 0 Å². The Morgan fingerprint density at radius 2 is 2.00 bits per heavy atom. The van der Waals surface area contributed by atoms with E-state index in [0.29, 0.717) is 6.04 Å². The second kappa shape index (κ2) is 9.28. The Morgan fingerprint density at radius 3 is 2.73 bits per heavy atom. The summed E-state index contributed by atoms with van der Waals surface area (Å²) in [5, 5.41) is 14.6. The summed E-state index contributed by atoms with van der Waals surface area (Å²) in [4.78, 5) is 11.7. The third kappa shape index (κ3) is 4.48. The van der Waals surface area contributed by atoms with Crippen molar-refractivity contribution in [1.29, 1.82) is 5.41 Å². The van der Waals surface area contributed by atoms with Gasteiger partial charge in [-0.1, -0.05) is 19.3 Å². The van der Waals surface area contributed by atoms with Crippen molar-refractivity contribution in [3.8, 4) is 0 Å². The molecule has 1 saturated carbocycles. The smallest absolute Gasteiger partial charge is 0.131 e. The standard InChI is InChI=1S/C24H32N6/c1-17-10-22(26-2)15-29-24(17)30-9-8-23-19(16-30)11-18(13-28-23)20(12-25)14-27-21-6-4-3-5-7-21/h10-15,21,25-27H,3-9,16H2,1-2H3/b20-14+,25-12?. The summed E-state index contributed by atoms with van der Waals surface area (Å²) in [6, 6.07) is 4.87. The van der Waals surface area contributed by atoms with Crippen LogP contribution < -0.4 is 15.5 Å². The Kier molecular flexibility index (Phi) is 6.31. The molecular weight excluding hydrogens is 372 g/mol. The number of hydrogen-bond donors (Lipinski definition) is 3. The van der Waals surface area contributed by atoms with Crippen LogP contribution in [-0.4, -0.2) is 35.8 Å². The van der Waals surface area contributed by atoms with Crippen LogP contribution in [-0.2, 0) is 13.0 Å². The van der Waals surface area contributed by atoms with Crippen molar-refractivity contribution in [2.75, 3.05) is 23.8 Å². The molecule has 30 heavy (non-hydrogen) atoms. The van der Waals surface area contributed by atoms with Gasteiger partial charge in [-0.25, -0.2) is 4.98 Å². The van der Waals surface area contributed by atoms with Crippen LogP contribution >= 0.6 is 0 Å². The third-order valence-electron chi connectivity index (χ3n) is 6.25. The number of nitrogens with one attached hydrogen (secondary N) is 3. The van der Waals surface area contributed by atoms with Gasteiger partial charge >= 0.3 is 0 Å². The molecule has 0 radical (unpaired) electrons. The molecule has 0 atom stereocenters. The lowest BCUT2D eigenvalue weighted by Gasteiger charge is -2.30. The van der Waals surface area contributed by atoms with Crippen molar-refractivity contribution in [3.05, 3.63) is 53.1 Å². The average molecular weight is 405 g/mol. The highest BCUT2D eigenvalue weighted by atomic mass is 15.2. The normalized spacial score (nSPS) is 17.4. The first kappa shape index (κ1) is 20.4. The quantitative estimate of drug-likeness (QED) is 0.626. The Bertz CT molecular complexity index is 929. The number of pyridine rings is 2. The molecule has 2 aromatic rings. The summed E-state index contributed by atoms with van der Waals surface area (Å²) in [5.74, 6) is 1.03. The van der Waals surface area contributed by atoms with Gasteiger partial charge in [0.1, 0.15) is 5.82 Å². The molecule has 0 saturated heterocycles. The Balaban J connectivity index is 1.52. The van der Waals surface area contributed by atoms with Crippen molar-refractivity contribution in [3.63, 3.8) is 0 Å². The van der Waals surface area contributed by atoms with E-state index in [0.717, 1.165) is 47.8 Å². The molecular formula is C24H32N6. The first-order valence-electron chi connectivity index (χ1n) is 11.0. The fourth-order valence-corrected chi connectivity index (χ4v) is 4.49. The van der Waals surface area contributed by atoms with Crippen LogP contribution in [0.5, 0.6) is 0 Å². The maximum absolute atomic E-state index is 7.91. The maximum atomic E-state index is 7.91. The van der Waals surface area contributed by atoms with E-state index in [2.05, 4.69) is 39.6 Å². The van der Waals surface area contributed by atoms with Gasteiger partial charge in [-0.3, -0.25) is 4.98 Å². The van der Waals surface area contributed by atoms with Crippen LogP contribution in [0.15, 0.2) is 30.7 Å². The Morgan fingerprint density at radius 1 is 1.17 bits per heavy atom. The van der Waals surface area contributed by atoms with E-state index in [-0.39, 0.29) is 0 Å². The average Bonchev–Trinajstić information content (AvgIpc) is 2.79. The number of rotatable bonds is 6. The topological polar surface area (TPSA) is 76.9 Å². The van der Waals surface area contributed by atoms with Crippen LogP contribution in [0, 0.1) is 12.3 Å². The number of aromatic nitrogens is 2. The van der Waals surface area contributed by atoms with Crippen molar-refractivity contribution in [1.82, 2.24) is 15.3 Å². The molecule has 0 bridgehead atoms. The highest BCUT2D eigenvalue weighted by Gasteiger charge is 2.21. The zero-order chi connectivity index (χ0) is 20.9. The predicted molar refractivity (Wildman–Crippen MR) is 124 cm³/mol. The fourth-order valence-electron chi connectivity index (χ4n) is 4.49. The summed E-state index contributed by atoms with van der Waals surface area (Å²) in [6.07, 6.45) is 14.5. The third-order valence-corrected chi connectivity index (χ3v) is 6.25. The molecule has 158 valence electrons. The SMILES string of the molecule is CNc1cnc(N2CCc3ncc(/C(C=N)=C/NC4CCCCC4)cc3C2)c(C)c1. The fraction of sp³-hybridized carbons (Fsp3) is 0.458. The summed E-state index contributed by atoms with van der Waals surface area (Å²) in [6.45, 7) is 3.83. The molecule has 3 N–H and O–H groups in total. The molecule has 6 nitrogen and oxygen atoms in total. The molecule has 0 aromatic carbocycles. The summed E-state index contributed by atoms with van der Waals surface area (Å²) in [5.41, 5.74) is 6.48. The molecule has 2 aliphatic rings. The van der Waals surface area contributed by atoms with E-state index < -0.39 is 0 Å². The Hall–Kier alpha value is -2.89. The van der Waals surface area contributed by atoms with Crippen LogP contribution in [0.2, 0.25) is 0 Å². The second-order valence-corrected chi connectivity index (χ2v) is 8.36. The van der Waals surface area contributed by atoms with Gasteiger partial charge in [0, 0.05) is 68.0 Å². The second-order valence-electron chi connectivity index (χ2n) is 8.36. The first-order chi connectivity index (χ1) is 14.7. The van der Waals surface area contributed by atoms with Gasteiger partial charge in [-0.15, -0.1) is 0 Å². The van der Waals surface area contributed by atoms with Gasteiger partial charge in [-0.2, -0.15) is 0 Å². The number of hydrogen-bond acceptors (Lipinski definition) is 6. The van der Waals surface area contributed by atoms with Crippen molar-refractivity contribution >= 4 is 23.3 Å². The van der Waals surface area contributed by atoms with Gasteiger partial charge in [0.05, 0.1) is 11.9 Å². The highest BCUT2D eigenvalue weighted by Crippen LogP contribution is 2.27. The minimum absolute atomic E-state index is 0.532. The number of aryl methyl sites for hydroxylation is 1. The van der Waals surface area contributed by atoms with Gasteiger partial charge in [0.2, 0.25) is 0 Å². The predicted octanol–water partition coefficient (Wildman–Crippen LogP) is 4.30. The molecule has 4 rings (SSSR count). The van der Waals surface area contributed by atoms with Crippen molar-refractivity contribution in [2.45, 2.75) is 58.0 Å². The van der Waals surface area contributed by atoms with E-state index in [4.69, 9.17) is 10.4 Å². The van der Waals surface area contributed by atoms with Crippen LogP contribution in [0.1, 0.15) is 54.5 Å². The lowest BCUT2D eigenvalue weighted by molar-refractivity contribution is 0.405. The summed E-state index contributed by atoms with van der Waals surface area (Å²) >= 11 is 0. The van der Waals surface area contributed by atoms with Crippen LogP contribution in [0.25, 0.3) is 5.57 Å². The molecule has 1 aliphatic carbocycles. The van der Waals surface area contributed by atoms with Gasteiger partial charge < -0.3 is 20.9 Å². The van der Waals surface area contributed by atoms with E-state index in [1.54, 1.807) is 0 Å². The van der Waals surface area contributed by atoms with E-state index >= 15 is 0 Å². The minimum atomic E-state index is 0.532. The van der Waals surface area contributed by atoms with E-state index in [1.807, 2.05) is 25.6 Å². The molecule has 3 heterocycles. The lowest BCUT2D eigenvalue weighted by Crippen LogP contribution is -2.32. The maximum Gasteiger partial charge on any atom is 0.131 e. The molecule has 1 aliphatic heterocycles. The largest absolute Gasteiger partial charge is 0.388 e. The highest BCUT2D eigenvalue weighted by molar-refractivity contribution is 6.08. The number of allylic oxidation sites excluding steroid dienone is 1. The molecule has 1 fully saturated rings. The number of fused-ring (bicyclic) bond motifs is 1. The Labute approximate surface area is 179 Å². The van der Waals surface area contributed by atoms with Crippen molar-refractivity contribution < 1.29 is 0 Å². The van der Waals surface area contributed by atoms with E-state index in [9.17, 15) is 0 Å². The molecule has 0 unspecified atom stereocenters. The first-order valence-corrected chi connectivity index (χ1v) is 11.0. The lowest BCUT2D eigenvalue weighted by atomic mass is 9.95. The van der Waals surface area contributed by atoms with Crippen molar-refractivity contribution in [2.24, 2.45) is 0 Å². The zero-order valence-electron chi connectivity index (χ0n) is 18.0. The van der Waals surface area contributed by atoms with Crippen LogP contribution in [0.3, 0.4) is 0 Å². The molecule has 2 aromatic heterocycles. The zero-order valence-corrected chi connectivity index (χ0v) is 18.0. The minimum Gasteiger partial charge on any atom is -0.388 e. The monoisotopic (exact) mass is 404 g/mol. The number of anilines is 2. The summed E-state index contributed by atoms with van der Waals surface area (Å²) < 4.78 is 0. The summed E-state index contributed by atoms with van der Waals surface area (Å²) in [7, 11) is 1.91. The van der Waals surface area contributed by atoms with Crippen LogP contribution in [0.4, 0.5) is 11.5 Å². The molecule has 0 spiro atoms. The molecule has 0 amide bonds. The van der Waals surface area contributed by atoms with Gasteiger partial charge in [-0.05, 0) is 43.0 Å².